The van der Waals surface area contributed by atoms with Crippen LogP contribution in [0.4, 0.5) is 14.5 Å². The van der Waals surface area contributed by atoms with Gasteiger partial charge in [-0.3, -0.25) is 4.72 Å². The van der Waals surface area contributed by atoms with E-state index in [1.54, 1.807) is 12.1 Å². The van der Waals surface area contributed by atoms with Crippen molar-refractivity contribution in [3.63, 3.8) is 0 Å². The van der Waals surface area contributed by atoms with Crippen molar-refractivity contribution in [2.75, 3.05) is 4.72 Å². The summed E-state index contributed by atoms with van der Waals surface area (Å²) in [6.45, 7) is -0.601. The van der Waals surface area contributed by atoms with Crippen molar-refractivity contribution < 1.29 is 22.3 Å². The van der Waals surface area contributed by atoms with Crippen molar-refractivity contribution in [2.45, 2.75) is 11.5 Å². The first kappa shape index (κ1) is 15.9. The largest absolute Gasteiger partial charge is 0.392 e. The molecular weight excluding hydrogens is 368 g/mol. The van der Waals surface area contributed by atoms with Gasteiger partial charge in [0.05, 0.1) is 6.61 Å². The summed E-state index contributed by atoms with van der Waals surface area (Å²) in [7, 11) is -4.31. The fourth-order valence-corrected chi connectivity index (χ4v) is 3.25. The van der Waals surface area contributed by atoms with Crippen LogP contribution in [0.1, 0.15) is 5.56 Å². The summed E-state index contributed by atoms with van der Waals surface area (Å²) in [5, 5.41) is 8.96. The number of sulfonamides is 1. The molecule has 112 valence electrons. The Bertz CT molecular complexity index is 781. The number of halogens is 3. The molecule has 0 aromatic heterocycles. The van der Waals surface area contributed by atoms with Gasteiger partial charge in [0.1, 0.15) is 4.90 Å². The molecule has 0 heterocycles. The number of hydrogen-bond acceptors (Lipinski definition) is 3. The Morgan fingerprint density at radius 2 is 1.90 bits per heavy atom. The molecule has 4 nitrogen and oxygen atoms in total. The molecule has 0 aliphatic heterocycles. The Kier molecular flexibility index (Phi) is 4.60. The highest BCUT2D eigenvalue weighted by Crippen LogP contribution is 2.24. The Balaban J connectivity index is 2.47. The summed E-state index contributed by atoms with van der Waals surface area (Å²) in [5.41, 5.74) is 0.155. The maximum absolute atomic E-state index is 13.7. The summed E-state index contributed by atoms with van der Waals surface area (Å²) in [4.78, 5) is -0.855. The second kappa shape index (κ2) is 6.08. The molecule has 0 spiro atoms. The summed E-state index contributed by atoms with van der Waals surface area (Å²) in [5.74, 6) is -2.83. The van der Waals surface area contributed by atoms with Gasteiger partial charge in [0.2, 0.25) is 0 Å². The van der Waals surface area contributed by atoms with Crippen LogP contribution in [0.25, 0.3) is 0 Å². The van der Waals surface area contributed by atoms with E-state index >= 15 is 0 Å². The van der Waals surface area contributed by atoms with Gasteiger partial charge in [0, 0.05) is 10.2 Å². The zero-order chi connectivity index (χ0) is 15.6. The molecule has 2 N–H and O–H groups in total. The summed E-state index contributed by atoms with van der Waals surface area (Å²) >= 11 is 3.17. The first-order chi connectivity index (χ1) is 9.83. The van der Waals surface area contributed by atoms with Crippen LogP contribution in [-0.4, -0.2) is 13.5 Å². The molecule has 0 fully saturated rings. The van der Waals surface area contributed by atoms with Crippen LogP contribution in [-0.2, 0) is 16.6 Å². The van der Waals surface area contributed by atoms with Gasteiger partial charge in [0.25, 0.3) is 10.0 Å². The Morgan fingerprint density at radius 3 is 2.52 bits per heavy atom. The van der Waals surface area contributed by atoms with Crippen LogP contribution in [0, 0.1) is 11.6 Å². The molecule has 0 aliphatic rings. The molecule has 2 aromatic carbocycles. The number of anilines is 1. The molecule has 0 atom stereocenters. The zero-order valence-electron chi connectivity index (χ0n) is 10.5. The Labute approximate surface area is 128 Å². The topological polar surface area (TPSA) is 66.4 Å². The highest BCUT2D eigenvalue weighted by atomic mass is 79.9. The van der Waals surface area contributed by atoms with Crippen molar-refractivity contribution in [1.29, 1.82) is 0 Å². The Hall–Kier alpha value is -1.51. The van der Waals surface area contributed by atoms with Gasteiger partial charge in [-0.05, 0) is 35.9 Å². The molecule has 0 radical (unpaired) electrons. The van der Waals surface area contributed by atoms with Gasteiger partial charge in [-0.1, -0.05) is 22.0 Å². The van der Waals surface area contributed by atoms with Gasteiger partial charge in [0.15, 0.2) is 11.6 Å². The lowest BCUT2D eigenvalue weighted by Gasteiger charge is -2.11. The predicted octanol–water partition coefficient (Wildman–Crippen LogP) is 3.02. The number of hydrogen-bond donors (Lipinski definition) is 2. The summed E-state index contributed by atoms with van der Waals surface area (Å²) < 4.78 is 54.1. The predicted molar refractivity (Wildman–Crippen MR) is 77.2 cm³/mol. The van der Waals surface area contributed by atoms with Crippen LogP contribution in [0.15, 0.2) is 45.8 Å². The summed E-state index contributed by atoms with van der Waals surface area (Å²) in [6.07, 6.45) is 0. The standard InChI is InChI=1S/C13H10BrF2NO3S/c14-9-2-1-3-10(6-9)17-21(19,20)12-5-8(7-18)4-11(15)13(12)16/h1-6,17-18H,7H2. The second-order valence-corrected chi connectivity index (χ2v) is 6.73. The first-order valence-electron chi connectivity index (χ1n) is 5.70. The average Bonchev–Trinajstić information content (AvgIpc) is 2.41. The monoisotopic (exact) mass is 377 g/mol. The molecule has 21 heavy (non-hydrogen) atoms. The molecule has 0 amide bonds. The minimum absolute atomic E-state index is 0.0384. The third-order valence-corrected chi connectivity index (χ3v) is 4.48. The Morgan fingerprint density at radius 1 is 1.19 bits per heavy atom. The van der Waals surface area contributed by atoms with Crippen molar-refractivity contribution in [2.24, 2.45) is 0 Å². The lowest BCUT2D eigenvalue weighted by molar-refractivity contribution is 0.280. The molecule has 0 bridgehead atoms. The number of nitrogens with one attached hydrogen (secondary N) is 1. The van der Waals surface area contributed by atoms with Crippen molar-refractivity contribution in [3.8, 4) is 0 Å². The molecule has 0 unspecified atom stereocenters. The highest BCUT2D eigenvalue weighted by molar-refractivity contribution is 9.10. The molecule has 0 aliphatic carbocycles. The van der Waals surface area contributed by atoms with E-state index in [4.69, 9.17) is 5.11 Å². The van der Waals surface area contributed by atoms with Crippen LogP contribution in [0.3, 0.4) is 0 Å². The van der Waals surface area contributed by atoms with E-state index in [0.717, 1.165) is 12.1 Å². The fourth-order valence-electron chi connectivity index (χ4n) is 1.67. The van der Waals surface area contributed by atoms with Crippen molar-refractivity contribution in [3.05, 3.63) is 58.1 Å². The average molecular weight is 378 g/mol. The first-order valence-corrected chi connectivity index (χ1v) is 7.98. The van der Waals surface area contributed by atoms with Crippen LogP contribution in [0.5, 0.6) is 0 Å². The van der Waals surface area contributed by atoms with Crippen LogP contribution in [0.2, 0.25) is 0 Å². The van der Waals surface area contributed by atoms with E-state index in [2.05, 4.69) is 20.7 Å². The summed E-state index contributed by atoms with van der Waals surface area (Å²) in [6, 6.07) is 7.84. The number of rotatable bonds is 4. The second-order valence-electron chi connectivity index (χ2n) is 4.16. The maximum atomic E-state index is 13.7. The third-order valence-electron chi connectivity index (χ3n) is 2.60. The zero-order valence-corrected chi connectivity index (χ0v) is 12.9. The number of aliphatic hydroxyl groups excluding tert-OH is 1. The van der Waals surface area contributed by atoms with E-state index in [9.17, 15) is 17.2 Å². The normalized spacial score (nSPS) is 11.4. The minimum atomic E-state index is -4.31. The van der Waals surface area contributed by atoms with Gasteiger partial charge in [-0.2, -0.15) is 0 Å². The third kappa shape index (κ3) is 3.58. The lowest BCUT2D eigenvalue weighted by atomic mass is 10.2. The van der Waals surface area contributed by atoms with E-state index in [0.29, 0.717) is 4.47 Å². The van der Waals surface area contributed by atoms with Crippen LogP contribution < -0.4 is 4.72 Å². The molecule has 0 saturated carbocycles. The van der Waals surface area contributed by atoms with Gasteiger partial charge in [-0.15, -0.1) is 0 Å². The quantitative estimate of drug-likeness (QED) is 0.860. The SMILES string of the molecule is O=S(=O)(Nc1cccc(Br)c1)c1cc(CO)cc(F)c1F. The molecule has 2 rings (SSSR count). The van der Waals surface area contributed by atoms with Gasteiger partial charge >= 0.3 is 0 Å². The van der Waals surface area contributed by atoms with Gasteiger partial charge in [-0.25, -0.2) is 17.2 Å². The smallest absolute Gasteiger partial charge is 0.264 e. The fraction of sp³-hybridized carbons (Fsp3) is 0.0769. The molecule has 8 heteroatoms. The molecule has 0 saturated heterocycles. The molecular formula is C13H10BrF2NO3S. The van der Waals surface area contributed by atoms with Gasteiger partial charge < -0.3 is 5.11 Å². The maximum Gasteiger partial charge on any atom is 0.264 e. The highest BCUT2D eigenvalue weighted by Gasteiger charge is 2.23. The minimum Gasteiger partial charge on any atom is -0.392 e. The van der Waals surface area contributed by atoms with E-state index < -0.39 is 33.2 Å². The van der Waals surface area contributed by atoms with Crippen LogP contribution >= 0.6 is 15.9 Å². The lowest BCUT2D eigenvalue weighted by Crippen LogP contribution is -2.16. The van der Waals surface area contributed by atoms with E-state index in [1.807, 2.05) is 0 Å². The molecule has 2 aromatic rings. The van der Waals surface area contributed by atoms with Crippen molar-refractivity contribution >= 4 is 31.6 Å². The number of aliphatic hydroxyl groups is 1. The van der Waals surface area contributed by atoms with E-state index in [-0.39, 0.29) is 11.3 Å². The van der Waals surface area contributed by atoms with Crippen molar-refractivity contribution in [1.82, 2.24) is 0 Å². The number of benzene rings is 2. The van der Waals surface area contributed by atoms with E-state index in [1.165, 1.54) is 12.1 Å².